The average molecular weight is 288 g/mol. The van der Waals surface area contributed by atoms with Crippen molar-refractivity contribution in [3.63, 3.8) is 0 Å². The molecule has 3 N–H and O–H groups in total. The molecule has 4 rings (SSSR count). The molecule has 3 nitrogen and oxygen atoms in total. The number of hydrogen-bond acceptors (Lipinski definition) is 3. The second kappa shape index (κ2) is 4.47. The minimum absolute atomic E-state index is 0.116. The van der Waals surface area contributed by atoms with Gasteiger partial charge in [0, 0.05) is 0 Å². The van der Waals surface area contributed by atoms with Gasteiger partial charge in [-0.05, 0) is 78.5 Å². The lowest BCUT2D eigenvalue weighted by Crippen LogP contribution is -2.44. The van der Waals surface area contributed by atoms with Crippen LogP contribution in [0.2, 0.25) is 0 Å². The third-order valence-electron chi connectivity index (χ3n) is 6.68. The highest BCUT2D eigenvalue weighted by atomic mass is 16.3. The molecule has 3 aliphatic rings. The van der Waals surface area contributed by atoms with Gasteiger partial charge in [0.2, 0.25) is 0 Å². The molecule has 0 unspecified atom stereocenters. The topological polar surface area (TPSA) is 60.7 Å². The number of aliphatic hydroxyl groups excluding tert-OH is 2. The van der Waals surface area contributed by atoms with E-state index in [1.54, 1.807) is 6.07 Å². The van der Waals surface area contributed by atoms with Crippen LogP contribution in [0.15, 0.2) is 18.2 Å². The van der Waals surface area contributed by atoms with Crippen LogP contribution in [0.25, 0.3) is 0 Å². The molecule has 2 saturated carbocycles. The molecule has 2 fully saturated rings. The Morgan fingerprint density at radius 2 is 2.00 bits per heavy atom. The zero-order valence-electron chi connectivity index (χ0n) is 12.5. The lowest BCUT2D eigenvalue weighted by Gasteiger charge is -2.49. The van der Waals surface area contributed by atoms with Gasteiger partial charge in [-0.15, -0.1) is 0 Å². The number of phenols is 1. The van der Waals surface area contributed by atoms with Crippen LogP contribution in [0, 0.1) is 17.3 Å². The van der Waals surface area contributed by atoms with E-state index in [2.05, 4.69) is 13.0 Å². The number of aliphatic hydroxyl groups is 2. The van der Waals surface area contributed by atoms with E-state index in [4.69, 9.17) is 0 Å². The smallest absolute Gasteiger partial charge is 0.115 e. The normalized spacial score (nSPS) is 44.8. The van der Waals surface area contributed by atoms with Crippen molar-refractivity contribution >= 4 is 0 Å². The Balaban J connectivity index is 1.71. The van der Waals surface area contributed by atoms with E-state index in [1.807, 2.05) is 6.07 Å². The molecule has 21 heavy (non-hydrogen) atoms. The number of benzene rings is 1. The summed E-state index contributed by atoms with van der Waals surface area (Å²) in [5, 5.41) is 30.2. The van der Waals surface area contributed by atoms with Crippen molar-refractivity contribution in [1.29, 1.82) is 0 Å². The number of hydrogen-bond donors (Lipinski definition) is 3. The molecule has 0 aliphatic heterocycles. The maximum Gasteiger partial charge on any atom is 0.115 e. The van der Waals surface area contributed by atoms with Gasteiger partial charge in [-0.25, -0.2) is 0 Å². The first-order chi connectivity index (χ1) is 10.0. The molecule has 1 aromatic rings. The molecule has 0 heterocycles. The second-order valence-electron chi connectivity index (χ2n) is 7.59. The van der Waals surface area contributed by atoms with Gasteiger partial charge in [-0.2, -0.15) is 0 Å². The van der Waals surface area contributed by atoms with E-state index in [0.29, 0.717) is 23.5 Å². The van der Waals surface area contributed by atoms with Crippen molar-refractivity contribution < 1.29 is 15.3 Å². The number of phenolic OH excluding ortho intramolecular Hbond substituents is 1. The minimum Gasteiger partial charge on any atom is -0.508 e. The predicted molar refractivity (Wildman–Crippen MR) is 80.1 cm³/mol. The van der Waals surface area contributed by atoms with Gasteiger partial charge in [0.15, 0.2) is 0 Å². The Bertz CT molecular complexity index is 570. The SMILES string of the molecule is C[C@]12CC[C@H]3c4ccc(O)cc4CC[C@H]3[C@@H]1C[C@@H](O)[C@H]2O. The van der Waals surface area contributed by atoms with Crippen molar-refractivity contribution in [2.45, 2.75) is 57.2 Å². The van der Waals surface area contributed by atoms with E-state index < -0.39 is 12.2 Å². The number of aromatic hydroxyl groups is 1. The summed E-state index contributed by atoms with van der Waals surface area (Å²) in [4.78, 5) is 0. The molecular weight excluding hydrogens is 264 g/mol. The zero-order chi connectivity index (χ0) is 14.8. The van der Waals surface area contributed by atoms with Gasteiger partial charge >= 0.3 is 0 Å². The number of rotatable bonds is 0. The molecule has 0 spiro atoms. The van der Waals surface area contributed by atoms with E-state index in [1.165, 1.54) is 11.1 Å². The maximum atomic E-state index is 10.4. The van der Waals surface area contributed by atoms with Crippen molar-refractivity contribution in [3.8, 4) is 5.75 Å². The molecule has 0 saturated heterocycles. The van der Waals surface area contributed by atoms with Crippen LogP contribution in [0.3, 0.4) is 0 Å². The van der Waals surface area contributed by atoms with Crippen LogP contribution in [-0.2, 0) is 6.42 Å². The van der Waals surface area contributed by atoms with Crippen molar-refractivity contribution in [1.82, 2.24) is 0 Å². The molecular formula is C18H24O3. The second-order valence-corrected chi connectivity index (χ2v) is 7.59. The Morgan fingerprint density at radius 3 is 2.81 bits per heavy atom. The van der Waals surface area contributed by atoms with E-state index >= 15 is 0 Å². The lowest BCUT2D eigenvalue weighted by atomic mass is 9.55. The Hall–Kier alpha value is -1.06. The van der Waals surface area contributed by atoms with Crippen LogP contribution in [0.1, 0.15) is 49.7 Å². The summed E-state index contributed by atoms with van der Waals surface area (Å²) >= 11 is 0. The van der Waals surface area contributed by atoms with Crippen LogP contribution < -0.4 is 0 Å². The van der Waals surface area contributed by atoms with E-state index in [-0.39, 0.29) is 5.41 Å². The summed E-state index contributed by atoms with van der Waals surface area (Å²) in [7, 11) is 0. The van der Waals surface area contributed by atoms with Gasteiger partial charge in [0.25, 0.3) is 0 Å². The summed E-state index contributed by atoms with van der Waals surface area (Å²) in [6.07, 6.45) is 3.80. The lowest BCUT2D eigenvalue weighted by molar-refractivity contribution is -0.0505. The van der Waals surface area contributed by atoms with Gasteiger partial charge in [-0.1, -0.05) is 13.0 Å². The summed E-state index contributed by atoms with van der Waals surface area (Å²) in [5.41, 5.74) is 2.57. The average Bonchev–Trinajstić information content (AvgIpc) is 2.70. The summed E-state index contributed by atoms with van der Waals surface area (Å²) in [5.74, 6) is 1.88. The number of aryl methyl sites for hydroxylation is 1. The molecule has 0 bridgehead atoms. The first-order valence-corrected chi connectivity index (χ1v) is 8.18. The standard InChI is InChI=1S/C18H24O3/c1-18-7-6-13-12-5-3-11(19)8-10(12)2-4-14(13)15(18)9-16(20)17(18)21/h3,5,8,13-17,19-21H,2,4,6-7,9H2,1H3/t13-,14+,15-,16+,17+,18-/m0/s1. The van der Waals surface area contributed by atoms with Crippen LogP contribution >= 0.6 is 0 Å². The van der Waals surface area contributed by atoms with Crippen molar-refractivity contribution in [2.24, 2.45) is 17.3 Å². The van der Waals surface area contributed by atoms with Crippen LogP contribution in [-0.4, -0.2) is 27.5 Å². The van der Waals surface area contributed by atoms with Gasteiger partial charge in [-0.3, -0.25) is 0 Å². The molecule has 1 aromatic carbocycles. The molecule has 0 aromatic heterocycles. The first-order valence-electron chi connectivity index (χ1n) is 8.18. The zero-order valence-corrected chi connectivity index (χ0v) is 12.5. The van der Waals surface area contributed by atoms with Gasteiger partial charge in [0.1, 0.15) is 5.75 Å². The molecule has 3 aliphatic carbocycles. The molecule has 0 amide bonds. The fourth-order valence-electron chi connectivity index (χ4n) is 5.56. The monoisotopic (exact) mass is 288 g/mol. The summed E-state index contributed by atoms with van der Waals surface area (Å²) in [6.45, 7) is 2.17. The van der Waals surface area contributed by atoms with Crippen molar-refractivity contribution in [3.05, 3.63) is 29.3 Å². The predicted octanol–water partition coefficient (Wildman–Crippen LogP) is 2.58. The van der Waals surface area contributed by atoms with E-state index in [9.17, 15) is 15.3 Å². The fraction of sp³-hybridized carbons (Fsp3) is 0.667. The first kappa shape index (κ1) is 13.6. The highest BCUT2D eigenvalue weighted by Gasteiger charge is 2.57. The fourth-order valence-corrected chi connectivity index (χ4v) is 5.56. The third kappa shape index (κ3) is 1.80. The Morgan fingerprint density at radius 1 is 1.19 bits per heavy atom. The molecule has 114 valence electrons. The van der Waals surface area contributed by atoms with E-state index in [0.717, 1.165) is 32.1 Å². The number of fused-ring (bicyclic) bond motifs is 5. The summed E-state index contributed by atoms with van der Waals surface area (Å²) < 4.78 is 0. The maximum absolute atomic E-state index is 10.4. The highest BCUT2D eigenvalue weighted by Crippen LogP contribution is 2.60. The highest BCUT2D eigenvalue weighted by molar-refractivity contribution is 5.40. The van der Waals surface area contributed by atoms with Crippen LogP contribution in [0.4, 0.5) is 0 Å². The summed E-state index contributed by atoms with van der Waals surface area (Å²) in [6, 6.07) is 5.80. The van der Waals surface area contributed by atoms with Gasteiger partial charge < -0.3 is 15.3 Å². The quantitative estimate of drug-likeness (QED) is 0.687. The van der Waals surface area contributed by atoms with Gasteiger partial charge in [0.05, 0.1) is 12.2 Å². The Kier molecular flexibility index (Phi) is 2.89. The molecule has 0 radical (unpaired) electrons. The van der Waals surface area contributed by atoms with Crippen molar-refractivity contribution in [2.75, 3.05) is 0 Å². The minimum atomic E-state index is -0.565. The van der Waals surface area contributed by atoms with Crippen LogP contribution in [0.5, 0.6) is 5.75 Å². The Labute approximate surface area is 125 Å². The largest absolute Gasteiger partial charge is 0.508 e. The molecule has 3 heteroatoms. The molecule has 6 atom stereocenters. The third-order valence-corrected chi connectivity index (χ3v) is 6.68.